The van der Waals surface area contributed by atoms with Gasteiger partial charge in [0.25, 0.3) is 5.91 Å². The maximum Gasteiger partial charge on any atom is 0.277 e. The second-order valence-electron chi connectivity index (χ2n) is 6.39. The number of nitrogens with one attached hydrogen (secondary N) is 1. The van der Waals surface area contributed by atoms with E-state index in [2.05, 4.69) is 51.5 Å². The Bertz CT molecular complexity index is 1100. The van der Waals surface area contributed by atoms with E-state index in [1.807, 2.05) is 36.4 Å². The smallest absolute Gasteiger partial charge is 0.277 e. The second-order valence-corrected chi connectivity index (χ2v) is 7.36. The van der Waals surface area contributed by atoms with Crippen LogP contribution in [0.1, 0.15) is 35.8 Å². The zero-order chi connectivity index (χ0) is 18.8. The van der Waals surface area contributed by atoms with E-state index in [-0.39, 0.29) is 11.6 Å². The van der Waals surface area contributed by atoms with E-state index in [4.69, 9.17) is 0 Å². The molecule has 27 heavy (non-hydrogen) atoms. The van der Waals surface area contributed by atoms with Gasteiger partial charge in [0, 0.05) is 5.56 Å². The van der Waals surface area contributed by atoms with E-state index in [0.29, 0.717) is 16.6 Å². The second kappa shape index (κ2) is 7.20. The molecule has 1 N–H and O–H groups in total. The summed E-state index contributed by atoms with van der Waals surface area (Å²) in [7, 11) is 0. The molecule has 1 amide bonds. The van der Waals surface area contributed by atoms with Crippen molar-refractivity contribution in [2.75, 3.05) is 5.32 Å². The fourth-order valence-electron chi connectivity index (χ4n) is 2.63. The number of fused-ring (bicyclic) bond motifs is 1. The molecule has 2 aromatic carbocycles. The highest BCUT2D eigenvalue weighted by Gasteiger charge is 2.13. The number of hydrogen-bond acceptors (Lipinski definition) is 6. The SMILES string of the molecule is CC(C)c1ccc(-c2nnc(NC(=O)c3cnc4ccccc4n3)s2)cc1. The van der Waals surface area contributed by atoms with Crippen LogP contribution < -0.4 is 5.32 Å². The van der Waals surface area contributed by atoms with Crippen molar-refractivity contribution in [3.63, 3.8) is 0 Å². The molecule has 0 aliphatic heterocycles. The van der Waals surface area contributed by atoms with Crippen LogP contribution in [0.5, 0.6) is 0 Å². The summed E-state index contributed by atoms with van der Waals surface area (Å²) < 4.78 is 0. The average Bonchev–Trinajstić information content (AvgIpc) is 3.16. The predicted octanol–water partition coefficient (Wildman–Crippen LogP) is 4.52. The van der Waals surface area contributed by atoms with Gasteiger partial charge in [0.15, 0.2) is 0 Å². The third-order valence-electron chi connectivity index (χ3n) is 4.15. The fraction of sp³-hybridized carbons (Fsp3) is 0.150. The van der Waals surface area contributed by atoms with Gasteiger partial charge in [-0.25, -0.2) is 4.98 Å². The molecule has 0 bridgehead atoms. The van der Waals surface area contributed by atoms with Crippen molar-refractivity contribution >= 4 is 33.4 Å². The maximum atomic E-state index is 12.4. The van der Waals surface area contributed by atoms with Crippen molar-refractivity contribution in [2.24, 2.45) is 0 Å². The molecule has 0 saturated carbocycles. The lowest BCUT2D eigenvalue weighted by Gasteiger charge is -2.04. The maximum absolute atomic E-state index is 12.4. The van der Waals surface area contributed by atoms with Crippen molar-refractivity contribution < 1.29 is 4.79 Å². The van der Waals surface area contributed by atoms with E-state index in [1.54, 1.807) is 0 Å². The first kappa shape index (κ1) is 17.2. The standard InChI is InChI=1S/C20H17N5OS/c1-12(2)13-7-9-14(10-8-13)19-24-25-20(27-19)23-18(26)17-11-21-15-5-3-4-6-16(15)22-17/h3-12H,1-2H3,(H,23,25,26). The average molecular weight is 375 g/mol. The Hall–Kier alpha value is -3.19. The summed E-state index contributed by atoms with van der Waals surface area (Å²) in [6.45, 7) is 4.31. The molecular weight excluding hydrogens is 358 g/mol. The molecule has 4 rings (SSSR count). The fourth-order valence-corrected chi connectivity index (χ4v) is 3.37. The van der Waals surface area contributed by atoms with Crippen LogP contribution in [0.3, 0.4) is 0 Å². The number of anilines is 1. The molecule has 0 radical (unpaired) electrons. The van der Waals surface area contributed by atoms with Gasteiger partial charge in [0.1, 0.15) is 10.7 Å². The van der Waals surface area contributed by atoms with Crippen LogP contribution in [0, 0.1) is 0 Å². The molecule has 134 valence electrons. The van der Waals surface area contributed by atoms with Crippen LogP contribution in [0.2, 0.25) is 0 Å². The number of nitrogens with zero attached hydrogens (tertiary/aromatic N) is 4. The molecule has 0 saturated heterocycles. The van der Waals surface area contributed by atoms with E-state index >= 15 is 0 Å². The molecule has 4 aromatic rings. The van der Waals surface area contributed by atoms with Crippen LogP contribution in [0.15, 0.2) is 54.7 Å². The summed E-state index contributed by atoms with van der Waals surface area (Å²) in [4.78, 5) is 21.1. The summed E-state index contributed by atoms with van der Waals surface area (Å²) >= 11 is 1.32. The number of carbonyl (C=O) groups is 1. The topological polar surface area (TPSA) is 80.7 Å². The van der Waals surface area contributed by atoms with Crippen LogP contribution in [0.25, 0.3) is 21.6 Å². The Kier molecular flexibility index (Phi) is 4.60. The van der Waals surface area contributed by atoms with Crippen molar-refractivity contribution in [3.05, 3.63) is 66.0 Å². The molecular formula is C20H17N5OS. The van der Waals surface area contributed by atoms with Crippen LogP contribution >= 0.6 is 11.3 Å². The number of amides is 1. The lowest BCUT2D eigenvalue weighted by Crippen LogP contribution is -2.14. The number of aromatic nitrogens is 4. The third-order valence-corrected chi connectivity index (χ3v) is 5.04. The van der Waals surface area contributed by atoms with Gasteiger partial charge in [0.2, 0.25) is 5.13 Å². The first-order valence-electron chi connectivity index (χ1n) is 8.57. The lowest BCUT2D eigenvalue weighted by molar-refractivity contribution is 0.102. The molecule has 0 atom stereocenters. The molecule has 7 heteroatoms. The van der Waals surface area contributed by atoms with Crippen LogP contribution in [0.4, 0.5) is 5.13 Å². The van der Waals surface area contributed by atoms with E-state index < -0.39 is 0 Å². The van der Waals surface area contributed by atoms with Crippen molar-refractivity contribution in [1.29, 1.82) is 0 Å². The van der Waals surface area contributed by atoms with Crippen molar-refractivity contribution in [3.8, 4) is 10.6 Å². The van der Waals surface area contributed by atoms with Gasteiger partial charge in [-0.2, -0.15) is 0 Å². The summed E-state index contributed by atoms with van der Waals surface area (Å²) in [5.74, 6) is 0.123. The number of para-hydroxylation sites is 2. The summed E-state index contributed by atoms with van der Waals surface area (Å²) in [6.07, 6.45) is 1.46. The molecule has 2 heterocycles. The zero-order valence-electron chi connectivity index (χ0n) is 14.9. The highest BCUT2D eigenvalue weighted by atomic mass is 32.1. The van der Waals surface area contributed by atoms with Crippen molar-refractivity contribution in [2.45, 2.75) is 19.8 Å². The highest BCUT2D eigenvalue weighted by Crippen LogP contribution is 2.28. The minimum absolute atomic E-state index is 0.242. The van der Waals surface area contributed by atoms with Gasteiger partial charge in [-0.1, -0.05) is 61.6 Å². The van der Waals surface area contributed by atoms with Gasteiger partial charge in [-0.05, 0) is 23.6 Å². The minimum atomic E-state index is -0.355. The van der Waals surface area contributed by atoms with E-state index in [9.17, 15) is 4.79 Å². The number of benzene rings is 2. The molecule has 0 aliphatic rings. The lowest BCUT2D eigenvalue weighted by atomic mass is 10.0. The zero-order valence-corrected chi connectivity index (χ0v) is 15.7. The number of rotatable bonds is 4. The Labute approximate surface area is 160 Å². The molecule has 0 fully saturated rings. The minimum Gasteiger partial charge on any atom is -0.295 e. The molecule has 0 unspecified atom stereocenters. The quantitative estimate of drug-likeness (QED) is 0.567. The summed E-state index contributed by atoms with van der Waals surface area (Å²) in [5, 5.41) is 12.2. The summed E-state index contributed by atoms with van der Waals surface area (Å²) in [5.41, 5.74) is 3.91. The Morgan fingerprint density at radius 1 is 1.00 bits per heavy atom. The van der Waals surface area contributed by atoms with Gasteiger partial charge in [-0.3, -0.25) is 15.1 Å². The summed E-state index contributed by atoms with van der Waals surface area (Å²) in [6, 6.07) is 15.6. The Morgan fingerprint density at radius 2 is 1.74 bits per heavy atom. The van der Waals surface area contributed by atoms with Gasteiger partial charge in [-0.15, -0.1) is 10.2 Å². The first-order valence-corrected chi connectivity index (χ1v) is 9.39. The monoisotopic (exact) mass is 375 g/mol. The van der Waals surface area contributed by atoms with Gasteiger partial charge < -0.3 is 0 Å². The van der Waals surface area contributed by atoms with Crippen LogP contribution in [-0.4, -0.2) is 26.1 Å². The van der Waals surface area contributed by atoms with Crippen LogP contribution in [-0.2, 0) is 0 Å². The van der Waals surface area contributed by atoms with E-state index in [1.165, 1.54) is 23.1 Å². The highest BCUT2D eigenvalue weighted by molar-refractivity contribution is 7.18. The van der Waals surface area contributed by atoms with Gasteiger partial charge >= 0.3 is 0 Å². The molecule has 0 aliphatic carbocycles. The number of carbonyl (C=O) groups excluding carboxylic acids is 1. The molecule has 0 spiro atoms. The molecule has 2 aromatic heterocycles. The predicted molar refractivity (Wildman–Crippen MR) is 107 cm³/mol. The van der Waals surface area contributed by atoms with E-state index in [0.717, 1.165) is 16.1 Å². The third kappa shape index (κ3) is 3.68. The first-order chi connectivity index (χ1) is 13.1. The van der Waals surface area contributed by atoms with Crippen molar-refractivity contribution in [1.82, 2.24) is 20.2 Å². The normalized spacial score (nSPS) is 11.1. The Morgan fingerprint density at radius 3 is 2.48 bits per heavy atom. The number of hydrogen-bond donors (Lipinski definition) is 1. The molecule has 6 nitrogen and oxygen atoms in total. The largest absolute Gasteiger partial charge is 0.295 e. The van der Waals surface area contributed by atoms with Gasteiger partial charge in [0.05, 0.1) is 17.2 Å². The Balaban J connectivity index is 1.52.